The van der Waals surface area contributed by atoms with E-state index < -0.39 is 5.60 Å². The Morgan fingerprint density at radius 3 is 2.70 bits per heavy atom. The molecule has 2 unspecified atom stereocenters. The Balaban J connectivity index is 1.63. The Labute approximate surface area is 127 Å². The van der Waals surface area contributed by atoms with E-state index in [1.807, 2.05) is 25.7 Å². The van der Waals surface area contributed by atoms with E-state index in [0.29, 0.717) is 5.92 Å². The fourth-order valence-corrected chi connectivity index (χ4v) is 4.01. The average molecular weight is 300 g/mol. The van der Waals surface area contributed by atoms with Crippen LogP contribution in [0.3, 0.4) is 0 Å². The van der Waals surface area contributed by atoms with Gasteiger partial charge in [0.05, 0.1) is 0 Å². The van der Waals surface area contributed by atoms with Crippen LogP contribution in [0.15, 0.2) is 0 Å². The topological polar surface area (TPSA) is 41.6 Å². The molecule has 4 nitrogen and oxygen atoms in total. The molecule has 20 heavy (non-hydrogen) atoms. The Morgan fingerprint density at radius 1 is 1.30 bits per heavy atom. The lowest BCUT2D eigenvalue weighted by molar-refractivity contribution is 0.0288. The van der Waals surface area contributed by atoms with Gasteiger partial charge in [0.2, 0.25) is 0 Å². The lowest BCUT2D eigenvalue weighted by Gasteiger charge is -2.24. The minimum absolute atomic E-state index is 0.160. The van der Waals surface area contributed by atoms with Gasteiger partial charge in [-0.2, -0.15) is 11.8 Å². The summed E-state index contributed by atoms with van der Waals surface area (Å²) < 4.78 is 5.42. The van der Waals surface area contributed by atoms with Crippen molar-refractivity contribution in [1.29, 1.82) is 0 Å². The molecule has 1 N–H and O–H groups in total. The molecule has 0 aromatic heterocycles. The van der Waals surface area contributed by atoms with Crippen molar-refractivity contribution < 1.29 is 9.53 Å². The first-order valence-corrected chi connectivity index (χ1v) is 8.86. The molecule has 2 fully saturated rings. The Kier molecular flexibility index (Phi) is 5.61. The third-order valence-corrected chi connectivity index (χ3v) is 5.06. The normalized spacial score (nSPS) is 27.1. The Morgan fingerprint density at radius 2 is 2.05 bits per heavy atom. The van der Waals surface area contributed by atoms with Crippen LogP contribution >= 0.6 is 11.8 Å². The first-order chi connectivity index (χ1) is 9.44. The van der Waals surface area contributed by atoms with Gasteiger partial charge in [-0.05, 0) is 70.0 Å². The molecule has 1 amide bonds. The molecular formula is C15H28N2O2S. The van der Waals surface area contributed by atoms with Gasteiger partial charge in [0.15, 0.2) is 0 Å². The van der Waals surface area contributed by atoms with E-state index in [0.717, 1.165) is 38.5 Å². The number of nitrogens with one attached hydrogen (secondary N) is 1. The number of hydrogen-bond acceptors (Lipinski definition) is 4. The highest BCUT2D eigenvalue weighted by Crippen LogP contribution is 2.23. The van der Waals surface area contributed by atoms with Gasteiger partial charge in [0.1, 0.15) is 5.60 Å². The zero-order valence-corrected chi connectivity index (χ0v) is 13.8. The van der Waals surface area contributed by atoms with Crippen LogP contribution in [0.25, 0.3) is 0 Å². The van der Waals surface area contributed by atoms with Gasteiger partial charge in [0, 0.05) is 13.1 Å². The number of likely N-dealkylation sites (tertiary alicyclic amines) is 1. The summed E-state index contributed by atoms with van der Waals surface area (Å²) in [6.07, 6.45) is 2.28. The maximum atomic E-state index is 12.0. The van der Waals surface area contributed by atoms with E-state index in [9.17, 15) is 4.79 Å². The van der Waals surface area contributed by atoms with E-state index in [4.69, 9.17) is 4.74 Å². The summed E-state index contributed by atoms with van der Waals surface area (Å²) in [5.41, 5.74) is -0.395. The zero-order chi connectivity index (χ0) is 14.6. The van der Waals surface area contributed by atoms with E-state index in [2.05, 4.69) is 17.1 Å². The van der Waals surface area contributed by atoms with Gasteiger partial charge >= 0.3 is 6.09 Å². The maximum Gasteiger partial charge on any atom is 0.410 e. The van der Waals surface area contributed by atoms with Gasteiger partial charge in [-0.15, -0.1) is 0 Å². The standard InChI is InChI=1S/C15H28N2O2S/c1-15(2,3)19-14(18)17-6-4-12(10-17)8-16-9-13-5-7-20-11-13/h12-13,16H,4-11H2,1-3H3. The summed E-state index contributed by atoms with van der Waals surface area (Å²) >= 11 is 2.06. The van der Waals surface area contributed by atoms with Crippen LogP contribution in [-0.2, 0) is 4.74 Å². The summed E-state index contributed by atoms with van der Waals surface area (Å²) in [7, 11) is 0. The number of carbonyl (C=O) groups is 1. The second-order valence-electron chi connectivity index (χ2n) is 6.97. The van der Waals surface area contributed by atoms with Crippen LogP contribution in [0.1, 0.15) is 33.6 Å². The SMILES string of the molecule is CC(C)(C)OC(=O)N1CCC(CNCC2CCSC2)C1. The first-order valence-electron chi connectivity index (χ1n) is 7.70. The molecule has 0 bridgehead atoms. The predicted octanol–water partition coefficient (Wildman–Crippen LogP) is 2.59. The largest absolute Gasteiger partial charge is 0.444 e. The smallest absolute Gasteiger partial charge is 0.410 e. The van der Waals surface area contributed by atoms with Crippen molar-refractivity contribution in [3.63, 3.8) is 0 Å². The van der Waals surface area contributed by atoms with Crippen LogP contribution < -0.4 is 5.32 Å². The molecule has 0 aliphatic carbocycles. The fraction of sp³-hybridized carbons (Fsp3) is 0.933. The Hall–Kier alpha value is -0.420. The minimum Gasteiger partial charge on any atom is -0.444 e. The lowest BCUT2D eigenvalue weighted by Crippen LogP contribution is -2.36. The molecule has 0 spiro atoms. The molecule has 116 valence electrons. The molecule has 0 aromatic rings. The van der Waals surface area contributed by atoms with Crippen molar-refractivity contribution in [1.82, 2.24) is 10.2 Å². The van der Waals surface area contributed by atoms with Crippen LogP contribution in [0.2, 0.25) is 0 Å². The van der Waals surface area contributed by atoms with Gasteiger partial charge in [-0.25, -0.2) is 4.79 Å². The fourth-order valence-electron chi connectivity index (χ4n) is 2.73. The summed E-state index contributed by atoms with van der Waals surface area (Å²) in [6.45, 7) is 9.58. The second-order valence-corrected chi connectivity index (χ2v) is 8.12. The van der Waals surface area contributed by atoms with E-state index in [-0.39, 0.29) is 6.09 Å². The predicted molar refractivity (Wildman–Crippen MR) is 84.2 cm³/mol. The van der Waals surface area contributed by atoms with Crippen molar-refractivity contribution >= 4 is 17.9 Å². The summed E-state index contributed by atoms with van der Waals surface area (Å²) in [5, 5.41) is 3.58. The van der Waals surface area contributed by atoms with Crippen molar-refractivity contribution in [3.05, 3.63) is 0 Å². The third-order valence-electron chi connectivity index (χ3n) is 3.83. The highest BCUT2D eigenvalue weighted by molar-refractivity contribution is 7.99. The quantitative estimate of drug-likeness (QED) is 0.866. The molecule has 0 aromatic carbocycles. The number of nitrogens with zero attached hydrogens (tertiary/aromatic N) is 1. The minimum atomic E-state index is -0.395. The van der Waals surface area contributed by atoms with Crippen molar-refractivity contribution in [3.8, 4) is 0 Å². The van der Waals surface area contributed by atoms with Crippen LogP contribution in [-0.4, -0.2) is 54.3 Å². The number of ether oxygens (including phenoxy) is 1. The molecular weight excluding hydrogens is 272 g/mol. The molecule has 5 heteroatoms. The number of rotatable bonds is 4. The maximum absolute atomic E-state index is 12.0. The molecule has 2 rings (SSSR count). The molecule has 2 atom stereocenters. The van der Waals surface area contributed by atoms with Crippen LogP contribution in [0.5, 0.6) is 0 Å². The van der Waals surface area contributed by atoms with Crippen molar-refractivity contribution in [2.45, 2.75) is 39.2 Å². The van der Waals surface area contributed by atoms with Crippen molar-refractivity contribution in [2.75, 3.05) is 37.7 Å². The highest BCUT2D eigenvalue weighted by atomic mass is 32.2. The van der Waals surface area contributed by atoms with Gasteiger partial charge in [0.25, 0.3) is 0 Å². The third kappa shape index (κ3) is 5.17. The molecule has 2 aliphatic heterocycles. The number of thioether (sulfide) groups is 1. The summed E-state index contributed by atoms with van der Waals surface area (Å²) in [5.74, 6) is 4.06. The van der Waals surface area contributed by atoms with Crippen molar-refractivity contribution in [2.24, 2.45) is 11.8 Å². The lowest BCUT2D eigenvalue weighted by atomic mass is 10.1. The second kappa shape index (κ2) is 7.03. The van der Waals surface area contributed by atoms with Crippen LogP contribution in [0, 0.1) is 11.8 Å². The van der Waals surface area contributed by atoms with Gasteiger partial charge in [-0.1, -0.05) is 0 Å². The Bertz CT molecular complexity index is 324. The molecule has 2 aliphatic rings. The molecule has 0 radical (unpaired) electrons. The molecule has 2 saturated heterocycles. The number of carbonyl (C=O) groups excluding carboxylic acids is 1. The van der Waals surface area contributed by atoms with Gasteiger partial charge in [-0.3, -0.25) is 0 Å². The average Bonchev–Trinajstić information content (AvgIpc) is 2.97. The van der Waals surface area contributed by atoms with E-state index in [1.54, 1.807) is 0 Å². The number of hydrogen-bond donors (Lipinski definition) is 1. The zero-order valence-electron chi connectivity index (χ0n) is 13.0. The highest BCUT2D eigenvalue weighted by Gasteiger charge is 2.29. The van der Waals surface area contributed by atoms with Crippen LogP contribution in [0.4, 0.5) is 4.79 Å². The van der Waals surface area contributed by atoms with Gasteiger partial charge < -0.3 is 15.0 Å². The van der Waals surface area contributed by atoms with E-state index in [1.165, 1.54) is 17.9 Å². The van der Waals surface area contributed by atoms with E-state index >= 15 is 0 Å². The first kappa shape index (κ1) is 16.0. The monoisotopic (exact) mass is 300 g/mol. The number of amides is 1. The summed E-state index contributed by atoms with van der Waals surface area (Å²) in [4.78, 5) is 13.8. The molecule has 0 saturated carbocycles. The summed E-state index contributed by atoms with van der Waals surface area (Å²) in [6, 6.07) is 0. The molecule has 2 heterocycles.